The highest BCUT2D eigenvalue weighted by Crippen LogP contribution is 2.49. The summed E-state index contributed by atoms with van der Waals surface area (Å²) in [7, 11) is 0. The van der Waals surface area contributed by atoms with Crippen LogP contribution < -0.4 is 0 Å². The van der Waals surface area contributed by atoms with E-state index >= 15 is 0 Å². The van der Waals surface area contributed by atoms with Crippen LogP contribution in [0.5, 0.6) is 0 Å². The molecule has 4 aromatic heterocycles. The maximum absolute atomic E-state index is 5.47. The van der Waals surface area contributed by atoms with Gasteiger partial charge in [-0.2, -0.15) is 0 Å². The lowest BCUT2D eigenvalue weighted by Gasteiger charge is -2.20. The van der Waals surface area contributed by atoms with E-state index < -0.39 is 0 Å². The molecule has 0 N–H and O–H groups in total. The number of aromatic nitrogens is 5. The summed E-state index contributed by atoms with van der Waals surface area (Å²) in [5.41, 5.74) is 11.7. The number of nitrogens with zero attached hydrogens (tertiary/aromatic N) is 5. The Labute approximate surface area is 366 Å². The van der Waals surface area contributed by atoms with Gasteiger partial charge >= 0.3 is 0 Å². The Morgan fingerprint density at radius 3 is 1.27 bits per heavy atom. The Balaban J connectivity index is 1.27. The van der Waals surface area contributed by atoms with Crippen molar-refractivity contribution < 1.29 is 0 Å². The number of thiophene rings is 1. The van der Waals surface area contributed by atoms with Gasteiger partial charge in [-0.1, -0.05) is 170 Å². The van der Waals surface area contributed by atoms with E-state index in [4.69, 9.17) is 15.0 Å². The normalized spacial score (nSPS) is 11.8. The highest BCUT2D eigenvalue weighted by Gasteiger charge is 2.27. The molecule has 0 bridgehead atoms. The van der Waals surface area contributed by atoms with Crippen molar-refractivity contribution in [1.29, 1.82) is 0 Å². The second-order valence-corrected chi connectivity index (χ2v) is 17.0. The standard InChI is InChI=1S/C57H35N5S/c1-4-18-36(19-5-1)39-32-33-51-44(34-39)52-53(62-48-30-16-12-26-42(48)43-27-13-17-31-49(43)62)45(57-59-55(37-20-6-2-7-21-37)58-56(60-57)38-22-8-3-9-23-38)35-50(54(52)63-51)61-46-28-14-10-24-40(46)41-25-11-15-29-47(41)61/h1-35H. The zero-order chi connectivity index (χ0) is 41.4. The first-order chi connectivity index (χ1) is 31.3. The highest BCUT2D eigenvalue weighted by molar-refractivity contribution is 7.26. The summed E-state index contributed by atoms with van der Waals surface area (Å²) in [6, 6.07) is 75.6. The Morgan fingerprint density at radius 1 is 0.333 bits per heavy atom. The number of fused-ring (bicyclic) bond motifs is 9. The summed E-state index contributed by atoms with van der Waals surface area (Å²) in [6.45, 7) is 0. The lowest BCUT2D eigenvalue weighted by Crippen LogP contribution is -2.06. The maximum Gasteiger partial charge on any atom is 0.166 e. The van der Waals surface area contributed by atoms with Crippen LogP contribution in [0.25, 0.3) is 120 Å². The average Bonchev–Trinajstić information content (AvgIpc) is 4.02. The van der Waals surface area contributed by atoms with Gasteiger partial charge < -0.3 is 9.13 Å². The van der Waals surface area contributed by atoms with Gasteiger partial charge in [0.1, 0.15) is 0 Å². The van der Waals surface area contributed by atoms with Crippen molar-refractivity contribution in [3.63, 3.8) is 0 Å². The third-order valence-corrected chi connectivity index (χ3v) is 13.6. The van der Waals surface area contributed by atoms with Crippen LogP contribution in [0.1, 0.15) is 0 Å². The van der Waals surface area contributed by atoms with E-state index in [0.717, 1.165) is 61.1 Å². The first-order valence-electron chi connectivity index (χ1n) is 21.2. The topological polar surface area (TPSA) is 48.5 Å². The first-order valence-corrected chi connectivity index (χ1v) is 22.0. The molecule has 0 aliphatic carbocycles. The molecule has 5 nitrogen and oxygen atoms in total. The third kappa shape index (κ3) is 5.59. The minimum atomic E-state index is 0.599. The molecule has 4 heterocycles. The van der Waals surface area contributed by atoms with Crippen LogP contribution in [0.3, 0.4) is 0 Å². The summed E-state index contributed by atoms with van der Waals surface area (Å²) >= 11 is 1.85. The van der Waals surface area contributed by atoms with Crippen LogP contribution in [0.4, 0.5) is 0 Å². The van der Waals surface area contributed by atoms with Crippen molar-refractivity contribution in [2.24, 2.45) is 0 Å². The van der Waals surface area contributed by atoms with E-state index in [2.05, 4.69) is 185 Å². The van der Waals surface area contributed by atoms with Gasteiger partial charge in [0.25, 0.3) is 0 Å². The van der Waals surface area contributed by atoms with Crippen LogP contribution in [-0.4, -0.2) is 24.1 Å². The molecule has 13 aromatic rings. The summed E-state index contributed by atoms with van der Waals surface area (Å²) in [4.78, 5) is 16.1. The van der Waals surface area contributed by atoms with Crippen molar-refractivity contribution in [2.75, 3.05) is 0 Å². The number of rotatable bonds is 6. The lowest BCUT2D eigenvalue weighted by atomic mass is 9.99. The van der Waals surface area contributed by atoms with Crippen LogP contribution in [0.2, 0.25) is 0 Å². The SMILES string of the molecule is c1ccc(-c2ccc3sc4c(-n5c6ccccc6c6ccccc65)cc(-c5nc(-c6ccccc6)nc(-c6ccccc6)n5)c(-n5c6ccccc6c6ccccc65)c4c3c2)cc1. The molecule has 294 valence electrons. The Kier molecular flexibility index (Phi) is 8.01. The fraction of sp³-hybridized carbons (Fsp3) is 0. The second-order valence-electron chi connectivity index (χ2n) is 16.0. The predicted octanol–water partition coefficient (Wildman–Crippen LogP) is 15.1. The molecule has 0 fully saturated rings. The molecule has 13 rings (SSSR count). The summed E-state index contributed by atoms with van der Waals surface area (Å²) < 4.78 is 7.31. The molecule has 9 aromatic carbocycles. The Morgan fingerprint density at radius 2 is 0.762 bits per heavy atom. The molecule has 6 heteroatoms. The van der Waals surface area contributed by atoms with Gasteiger partial charge in [-0.25, -0.2) is 15.0 Å². The van der Waals surface area contributed by atoms with Crippen molar-refractivity contribution in [3.8, 4) is 56.7 Å². The fourth-order valence-corrected chi connectivity index (χ4v) is 10.8. The highest BCUT2D eigenvalue weighted by atomic mass is 32.1. The fourth-order valence-electron chi connectivity index (χ4n) is 9.57. The molecule has 0 unspecified atom stereocenters. The van der Waals surface area contributed by atoms with Gasteiger partial charge in [-0.3, -0.25) is 0 Å². The second kappa shape index (κ2) is 14.2. The maximum atomic E-state index is 5.47. The zero-order valence-corrected chi connectivity index (χ0v) is 34.7. The van der Waals surface area contributed by atoms with Gasteiger partial charge in [0.05, 0.1) is 38.1 Å². The molecule has 63 heavy (non-hydrogen) atoms. The number of benzene rings is 9. The van der Waals surface area contributed by atoms with Crippen molar-refractivity contribution in [2.45, 2.75) is 0 Å². The molecule has 0 saturated carbocycles. The third-order valence-electron chi connectivity index (χ3n) is 12.4. The average molecular weight is 822 g/mol. The van der Waals surface area contributed by atoms with Crippen molar-refractivity contribution in [1.82, 2.24) is 24.1 Å². The van der Waals surface area contributed by atoms with E-state index in [-0.39, 0.29) is 0 Å². The Hall–Kier alpha value is -8.19. The minimum Gasteiger partial charge on any atom is -0.308 e. The monoisotopic (exact) mass is 821 g/mol. The van der Waals surface area contributed by atoms with Gasteiger partial charge in [-0.15, -0.1) is 11.3 Å². The van der Waals surface area contributed by atoms with E-state index in [9.17, 15) is 0 Å². The summed E-state index contributed by atoms with van der Waals surface area (Å²) in [5, 5.41) is 7.12. The molecule has 0 aliphatic heterocycles. The number of hydrogen-bond acceptors (Lipinski definition) is 4. The van der Waals surface area contributed by atoms with Gasteiger partial charge in [0, 0.05) is 53.7 Å². The molecule has 0 atom stereocenters. The zero-order valence-electron chi connectivity index (χ0n) is 33.9. The van der Waals surface area contributed by atoms with E-state index in [1.165, 1.54) is 41.9 Å². The lowest BCUT2D eigenvalue weighted by molar-refractivity contribution is 1.06. The predicted molar refractivity (Wildman–Crippen MR) is 263 cm³/mol. The van der Waals surface area contributed by atoms with Gasteiger partial charge in [0.2, 0.25) is 0 Å². The molecule has 0 radical (unpaired) electrons. The van der Waals surface area contributed by atoms with Crippen LogP contribution in [-0.2, 0) is 0 Å². The number of hydrogen-bond donors (Lipinski definition) is 0. The van der Waals surface area contributed by atoms with Gasteiger partial charge in [0.15, 0.2) is 17.5 Å². The van der Waals surface area contributed by atoms with E-state index in [0.29, 0.717) is 17.5 Å². The van der Waals surface area contributed by atoms with Crippen LogP contribution in [0.15, 0.2) is 212 Å². The van der Waals surface area contributed by atoms with E-state index in [1.807, 2.05) is 47.7 Å². The van der Waals surface area contributed by atoms with Crippen molar-refractivity contribution in [3.05, 3.63) is 212 Å². The van der Waals surface area contributed by atoms with Gasteiger partial charge in [-0.05, 0) is 53.6 Å². The summed E-state index contributed by atoms with van der Waals surface area (Å²) in [6.07, 6.45) is 0. The Bertz CT molecular complexity index is 3740. The van der Waals surface area contributed by atoms with Crippen molar-refractivity contribution >= 4 is 75.1 Å². The smallest absolute Gasteiger partial charge is 0.166 e. The van der Waals surface area contributed by atoms with E-state index in [1.54, 1.807) is 0 Å². The quantitative estimate of drug-likeness (QED) is 0.168. The molecule has 0 amide bonds. The van der Waals surface area contributed by atoms with Crippen LogP contribution >= 0.6 is 11.3 Å². The summed E-state index contributed by atoms with van der Waals surface area (Å²) in [5.74, 6) is 1.84. The largest absolute Gasteiger partial charge is 0.308 e. The first kappa shape index (κ1) is 35.6. The van der Waals surface area contributed by atoms with Crippen LogP contribution in [0, 0.1) is 0 Å². The molecular weight excluding hydrogens is 787 g/mol. The molecular formula is C57H35N5S. The minimum absolute atomic E-state index is 0.599. The molecule has 0 saturated heterocycles. The molecule has 0 aliphatic rings. The number of para-hydroxylation sites is 4. The molecule has 0 spiro atoms.